The predicted molar refractivity (Wildman–Crippen MR) is 62.7 cm³/mol. The Hall–Kier alpha value is -1.35. The van der Waals surface area contributed by atoms with E-state index in [0.717, 1.165) is 6.34 Å². The third-order valence-electron chi connectivity index (χ3n) is 1.92. The number of rotatable bonds is 2. The first kappa shape index (κ1) is 11.1. The highest BCUT2D eigenvalue weighted by atomic mass is 32.2. The molecule has 7 nitrogen and oxygen atoms in total. The zero-order chi connectivity index (χ0) is 11.8. The fourth-order valence-electron chi connectivity index (χ4n) is 1.24. The van der Waals surface area contributed by atoms with Crippen LogP contribution in [-0.4, -0.2) is 38.0 Å². The highest BCUT2D eigenvalue weighted by Crippen LogP contribution is 2.31. The van der Waals surface area contributed by atoms with Crippen LogP contribution in [0, 0.1) is 0 Å². The molecule has 9 heteroatoms. The quantitative estimate of drug-likeness (QED) is 0.585. The van der Waals surface area contributed by atoms with Gasteiger partial charge in [0.05, 0.1) is 0 Å². The molecule has 0 fully saturated rings. The molecule has 1 aliphatic rings. The Morgan fingerprint density at radius 1 is 1.44 bits per heavy atom. The summed E-state index contributed by atoms with van der Waals surface area (Å²) in [5.41, 5.74) is 0. The Morgan fingerprint density at radius 3 is 2.81 bits per heavy atom. The molecule has 0 saturated carbocycles. The monoisotopic (exact) mass is 259 g/mol. The minimum atomic E-state index is -3.70. The highest BCUT2D eigenvalue weighted by Gasteiger charge is 2.27. The minimum Gasteiger partial charge on any atom is -0.372 e. The molecule has 2 N–H and O–H groups in total. The first-order valence-corrected chi connectivity index (χ1v) is 6.94. The summed E-state index contributed by atoms with van der Waals surface area (Å²) in [5, 5.41) is 5.91. The SMILES string of the molecule is CNc1nc(SC)nc2c1S(=O)(=O)N=CN2. The van der Waals surface area contributed by atoms with Gasteiger partial charge in [0.1, 0.15) is 6.34 Å². The van der Waals surface area contributed by atoms with E-state index in [9.17, 15) is 8.42 Å². The molecule has 0 bridgehead atoms. The predicted octanol–water partition coefficient (Wildman–Crippen LogP) is 0.383. The molecule has 0 aromatic carbocycles. The van der Waals surface area contributed by atoms with Crippen molar-refractivity contribution in [1.82, 2.24) is 9.97 Å². The highest BCUT2D eigenvalue weighted by molar-refractivity contribution is 7.98. The zero-order valence-electron chi connectivity index (χ0n) is 8.55. The third kappa shape index (κ3) is 1.71. The van der Waals surface area contributed by atoms with Crippen LogP contribution in [0.15, 0.2) is 14.4 Å². The number of nitrogens with one attached hydrogen (secondary N) is 2. The summed E-state index contributed by atoms with van der Waals surface area (Å²) in [7, 11) is -2.10. The molecule has 16 heavy (non-hydrogen) atoms. The lowest BCUT2D eigenvalue weighted by atomic mass is 10.5. The fourth-order valence-corrected chi connectivity index (χ4v) is 2.65. The van der Waals surface area contributed by atoms with Gasteiger partial charge in [0.25, 0.3) is 10.0 Å². The lowest BCUT2D eigenvalue weighted by Gasteiger charge is -2.14. The Balaban J connectivity index is 2.73. The van der Waals surface area contributed by atoms with Crippen molar-refractivity contribution in [2.75, 3.05) is 23.9 Å². The van der Waals surface area contributed by atoms with E-state index in [1.54, 1.807) is 7.05 Å². The first-order valence-electron chi connectivity index (χ1n) is 4.27. The van der Waals surface area contributed by atoms with E-state index in [1.807, 2.05) is 6.26 Å². The maximum absolute atomic E-state index is 11.7. The van der Waals surface area contributed by atoms with Gasteiger partial charge in [-0.25, -0.2) is 9.97 Å². The maximum atomic E-state index is 11.7. The first-order chi connectivity index (χ1) is 7.58. The number of aromatic nitrogens is 2. The van der Waals surface area contributed by atoms with Gasteiger partial charge < -0.3 is 10.6 Å². The van der Waals surface area contributed by atoms with Gasteiger partial charge in [0.15, 0.2) is 21.7 Å². The molecule has 0 radical (unpaired) electrons. The molecule has 0 saturated heterocycles. The van der Waals surface area contributed by atoms with Gasteiger partial charge in [0.2, 0.25) is 0 Å². The average molecular weight is 259 g/mol. The zero-order valence-corrected chi connectivity index (χ0v) is 10.2. The molecular weight excluding hydrogens is 250 g/mol. The summed E-state index contributed by atoms with van der Waals surface area (Å²) < 4.78 is 26.8. The second-order valence-electron chi connectivity index (χ2n) is 2.84. The van der Waals surface area contributed by atoms with E-state index in [1.165, 1.54) is 11.8 Å². The molecular formula is C7H9N5O2S2. The Kier molecular flexibility index (Phi) is 2.72. The summed E-state index contributed by atoms with van der Waals surface area (Å²) in [6.07, 6.45) is 2.92. The van der Waals surface area contributed by atoms with E-state index >= 15 is 0 Å². The number of anilines is 2. The van der Waals surface area contributed by atoms with Crippen molar-refractivity contribution < 1.29 is 8.42 Å². The molecule has 0 amide bonds. The van der Waals surface area contributed by atoms with Gasteiger partial charge in [-0.1, -0.05) is 11.8 Å². The summed E-state index contributed by atoms with van der Waals surface area (Å²) in [6.45, 7) is 0. The molecule has 2 rings (SSSR count). The van der Waals surface area contributed by atoms with Gasteiger partial charge in [0, 0.05) is 7.05 Å². The van der Waals surface area contributed by atoms with Crippen LogP contribution in [0.4, 0.5) is 11.6 Å². The number of nitrogens with zero attached hydrogens (tertiary/aromatic N) is 3. The van der Waals surface area contributed by atoms with E-state index in [2.05, 4.69) is 25.0 Å². The van der Waals surface area contributed by atoms with Crippen molar-refractivity contribution >= 4 is 39.8 Å². The molecule has 0 unspecified atom stereocenters. The number of thioether (sulfide) groups is 1. The van der Waals surface area contributed by atoms with Gasteiger partial charge in [-0.05, 0) is 6.26 Å². The molecule has 0 spiro atoms. The molecule has 1 aliphatic heterocycles. The van der Waals surface area contributed by atoms with Crippen LogP contribution in [0.1, 0.15) is 0 Å². The van der Waals surface area contributed by atoms with Crippen LogP contribution < -0.4 is 10.6 Å². The largest absolute Gasteiger partial charge is 0.372 e. The van der Waals surface area contributed by atoms with Crippen molar-refractivity contribution in [2.45, 2.75) is 10.1 Å². The van der Waals surface area contributed by atoms with Crippen LogP contribution in [0.3, 0.4) is 0 Å². The lowest BCUT2D eigenvalue weighted by Crippen LogP contribution is -2.16. The summed E-state index contributed by atoms with van der Waals surface area (Å²) in [4.78, 5) is 8.11. The van der Waals surface area contributed by atoms with Crippen molar-refractivity contribution in [3.63, 3.8) is 0 Å². The van der Waals surface area contributed by atoms with E-state index in [4.69, 9.17) is 0 Å². The fraction of sp³-hybridized carbons (Fsp3) is 0.286. The summed E-state index contributed by atoms with van der Waals surface area (Å²) in [6, 6.07) is 0. The summed E-state index contributed by atoms with van der Waals surface area (Å²) in [5.74, 6) is 0.498. The van der Waals surface area contributed by atoms with Crippen LogP contribution in [0.2, 0.25) is 0 Å². The second-order valence-corrected chi connectivity index (χ2v) is 5.18. The average Bonchev–Trinajstić information content (AvgIpc) is 2.26. The standard InChI is InChI=1S/C7H9N5O2S2/c1-8-5-4-6(12-7(11-5)15-2)9-3-10-16(4,13)14/h3H,1-2H3,(H2,8,9,10,11,12). The van der Waals surface area contributed by atoms with Crippen molar-refractivity contribution in [2.24, 2.45) is 4.40 Å². The summed E-state index contributed by atoms with van der Waals surface area (Å²) >= 11 is 1.33. The Labute approximate surface area is 96.8 Å². The van der Waals surface area contributed by atoms with E-state index < -0.39 is 10.0 Å². The number of hydrogen-bond acceptors (Lipinski definition) is 7. The second kappa shape index (κ2) is 3.91. The molecule has 0 atom stereocenters. The van der Waals surface area contributed by atoms with Crippen molar-refractivity contribution in [3.05, 3.63) is 0 Å². The molecule has 1 aromatic heterocycles. The van der Waals surface area contributed by atoms with E-state index in [0.29, 0.717) is 5.16 Å². The number of fused-ring (bicyclic) bond motifs is 1. The Bertz CT molecular complexity index is 554. The number of hydrogen-bond donors (Lipinski definition) is 2. The maximum Gasteiger partial charge on any atom is 0.291 e. The topological polar surface area (TPSA) is 96.3 Å². The molecule has 86 valence electrons. The molecule has 0 aliphatic carbocycles. The van der Waals surface area contributed by atoms with Gasteiger partial charge in [-0.15, -0.1) is 4.40 Å². The lowest BCUT2D eigenvalue weighted by molar-refractivity contribution is 0.597. The Morgan fingerprint density at radius 2 is 2.19 bits per heavy atom. The third-order valence-corrected chi connectivity index (χ3v) is 3.75. The molecule has 1 aromatic rings. The van der Waals surface area contributed by atoms with E-state index in [-0.39, 0.29) is 16.5 Å². The van der Waals surface area contributed by atoms with Crippen molar-refractivity contribution in [3.8, 4) is 0 Å². The van der Waals surface area contributed by atoms with Gasteiger partial charge >= 0.3 is 0 Å². The van der Waals surface area contributed by atoms with Gasteiger partial charge in [-0.2, -0.15) is 8.42 Å². The minimum absolute atomic E-state index is 0.0182. The van der Waals surface area contributed by atoms with Crippen LogP contribution in [-0.2, 0) is 10.0 Å². The normalized spacial score (nSPS) is 16.4. The molecule has 2 heterocycles. The van der Waals surface area contributed by atoms with Crippen LogP contribution in [0.5, 0.6) is 0 Å². The van der Waals surface area contributed by atoms with Crippen LogP contribution in [0.25, 0.3) is 0 Å². The van der Waals surface area contributed by atoms with Gasteiger partial charge in [-0.3, -0.25) is 0 Å². The van der Waals surface area contributed by atoms with Crippen molar-refractivity contribution in [1.29, 1.82) is 0 Å². The number of sulfonamides is 1. The van der Waals surface area contributed by atoms with Crippen LogP contribution >= 0.6 is 11.8 Å². The smallest absolute Gasteiger partial charge is 0.291 e.